The molecule has 1 amide bonds. The van der Waals surface area contributed by atoms with Gasteiger partial charge in [-0.15, -0.1) is 0 Å². The number of hydrogen-bond donors (Lipinski definition) is 1. The van der Waals surface area contributed by atoms with Crippen LogP contribution in [0.2, 0.25) is 0 Å². The van der Waals surface area contributed by atoms with Gasteiger partial charge in [0.25, 0.3) is 5.91 Å². The topological polar surface area (TPSA) is 59.3 Å². The minimum Gasteiger partial charge on any atom is -0.346 e. The molecular weight excluding hydrogens is 264 g/mol. The monoisotopic (exact) mass is 284 g/mol. The predicted molar refractivity (Wildman–Crippen MR) is 81.2 cm³/mol. The fourth-order valence-electron chi connectivity index (χ4n) is 2.75. The van der Waals surface area contributed by atoms with Crippen LogP contribution in [0, 0.1) is 6.92 Å². The molecule has 0 saturated carbocycles. The summed E-state index contributed by atoms with van der Waals surface area (Å²) in [5.41, 5.74) is 3.47. The highest BCUT2D eigenvalue weighted by molar-refractivity contribution is 5.99. The van der Waals surface area contributed by atoms with Crippen molar-refractivity contribution in [1.29, 1.82) is 0 Å². The molecule has 0 bridgehead atoms. The first kappa shape index (κ1) is 13.8. The minimum absolute atomic E-state index is 0.0678. The van der Waals surface area contributed by atoms with Gasteiger partial charge >= 0.3 is 0 Å². The summed E-state index contributed by atoms with van der Waals surface area (Å²) in [7, 11) is 0. The van der Waals surface area contributed by atoms with Crippen LogP contribution in [-0.4, -0.2) is 26.5 Å². The van der Waals surface area contributed by atoms with Gasteiger partial charge in [0.1, 0.15) is 5.56 Å². The van der Waals surface area contributed by atoms with Gasteiger partial charge in [0, 0.05) is 18.4 Å². The normalized spacial score (nSPS) is 16.6. The number of carbonyl (C=O) groups is 1. The summed E-state index contributed by atoms with van der Waals surface area (Å²) in [6.07, 6.45) is 12.1. The number of aromatic nitrogens is 3. The lowest BCUT2D eigenvalue weighted by molar-refractivity contribution is 0.0946. The number of nitrogens with one attached hydrogen (secondary N) is 1. The average molecular weight is 284 g/mol. The molecule has 0 unspecified atom stereocenters. The van der Waals surface area contributed by atoms with Crippen LogP contribution in [0.1, 0.15) is 48.5 Å². The van der Waals surface area contributed by atoms with Crippen molar-refractivity contribution in [2.45, 2.75) is 45.6 Å². The van der Waals surface area contributed by atoms with E-state index in [1.165, 1.54) is 18.4 Å². The summed E-state index contributed by atoms with van der Waals surface area (Å²) >= 11 is 0. The van der Waals surface area contributed by atoms with E-state index >= 15 is 0 Å². The van der Waals surface area contributed by atoms with Gasteiger partial charge in [0.15, 0.2) is 5.65 Å². The van der Waals surface area contributed by atoms with Gasteiger partial charge < -0.3 is 5.32 Å². The molecule has 2 aromatic rings. The Bertz CT molecular complexity index is 701. The number of amides is 1. The third-order valence-electron chi connectivity index (χ3n) is 3.96. The standard InChI is InChI=1S/C16H20N4O/c1-11-8-17-15-14(9-18-20(15)10-11)16(21)19-12(2)13-6-4-3-5-7-13/h6,8-10,12H,3-5,7H2,1-2H3,(H,19,21)/t12-/m0/s1. The van der Waals surface area contributed by atoms with Crippen molar-refractivity contribution in [2.24, 2.45) is 0 Å². The van der Waals surface area contributed by atoms with Gasteiger partial charge in [-0.25, -0.2) is 9.50 Å². The molecule has 5 nitrogen and oxygen atoms in total. The third-order valence-corrected chi connectivity index (χ3v) is 3.96. The van der Waals surface area contributed by atoms with E-state index in [1.807, 2.05) is 20.0 Å². The van der Waals surface area contributed by atoms with Gasteiger partial charge in [0.05, 0.1) is 6.20 Å². The van der Waals surface area contributed by atoms with Crippen molar-refractivity contribution < 1.29 is 4.79 Å². The Labute approximate surface area is 124 Å². The largest absolute Gasteiger partial charge is 0.346 e. The van der Waals surface area contributed by atoms with Crippen LogP contribution in [0.15, 0.2) is 30.2 Å². The molecule has 0 aromatic carbocycles. The second kappa shape index (κ2) is 5.68. The Morgan fingerprint density at radius 2 is 2.24 bits per heavy atom. The van der Waals surface area contributed by atoms with Crippen LogP contribution < -0.4 is 5.32 Å². The quantitative estimate of drug-likeness (QED) is 0.881. The van der Waals surface area contributed by atoms with Crippen molar-refractivity contribution in [3.05, 3.63) is 41.4 Å². The Hall–Kier alpha value is -2.17. The van der Waals surface area contributed by atoms with E-state index < -0.39 is 0 Å². The first-order chi connectivity index (χ1) is 10.1. The molecule has 1 atom stereocenters. The lowest BCUT2D eigenvalue weighted by Crippen LogP contribution is -2.34. The van der Waals surface area contributed by atoms with Crippen LogP contribution in [0.5, 0.6) is 0 Å². The number of hydrogen-bond acceptors (Lipinski definition) is 3. The molecule has 0 radical (unpaired) electrons. The van der Waals surface area contributed by atoms with Crippen LogP contribution in [0.4, 0.5) is 0 Å². The molecular formula is C16H20N4O. The van der Waals surface area contributed by atoms with E-state index in [9.17, 15) is 4.79 Å². The van der Waals surface area contributed by atoms with Gasteiger partial charge in [-0.2, -0.15) is 5.10 Å². The Morgan fingerprint density at radius 3 is 3.00 bits per heavy atom. The third kappa shape index (κ3) is 2.82. The zero-order valence-electron chi connectivity index (χ0n) is 12.5. The van der Waals surface area contributed by atoms with Gasteiger partial charge in [-0.05, 0) is 45.1 Å². The van der Waals surface area contributed by atoms with Gasteiger partial charge in [-0.1, -0.05) is 11.6 Å². The van der Waals surface area contributed by atoms with E-state index in [4.69, 9.17) is 0 Å². The van der Waals surface area contributed by atoms with Crippen molar-refractivity contribution in [3.8, 4) is 0 Å². The highest BCUT2D eigenvalue weighted by atomic mass is 16.1. The molecule has 0 spiro atoms. The molecule has 1 N–H and O–H groups in total. The lowest BCUT2D eigenvalue weighted by atomic mass is 9.94. The first-order valence-electron chi connectivity index (χ1n) is 7.45. The summed E-state index contributed by atoms with van der Waals surface area (Å²) in [6, 6.07) is 0.0678. The molecule has 0 saturated heterocycles. The van der Waals surface area contributed by atoms with Crippen molar-refractivity contribution in [1.82, 2.24) is 19.9 Å². The number of rotatable bonds is 3. The molecule has 2 aromatic heterocycles. The van der Waals surface area contributed by atoms with Gasteiger partial charge in [-0.3, -0.25) is 4.79 Å². The maximum absolute atomic E-state index is 12.4. The number of fused-ring (bicyclic) bond motifs is 1. The number of carbonyl (C=O) groups excluding carboxylic acids is 1. The lowest BCUT2D eigenvalue weighted by Gasteiger charge is -2.20. The SMILES string of the molecule is Cc1cnc2c(C(=O)N[C@@H](C)C3=CCCCC3)cnn2c1. The smallest absolute Gasteiger partial charge is 0.257 e. The number of nitrogens with zero attached hydrogens (tertiary/aromatic N) is 3. The van der Waals surface area contributed by atoms with E-state index in [-0.39, 0.29) is 11.9 Å². The molecule has 5 heteroatoms. The Morgan fingerprint density at radius 1 is 1.38 bits per heavy atom. The minimum atomic E-state index is -0.111. The molecule has 2 heterocycles. The molecule has 3 rings (SSSR count). The van der Waals surface area contributed by atoms with Gasteiger partial charge in [0.2, 0.25) is 0 Å². The Balaban J connectivity index is 1.79. The number of allylic oxidation sites excluding steroid dienone is 1. The second-order valence-corrected chi connectivity index (χ2v) is 5.68. The van der Waals surface area contributed by atoms with Crippen molar-refractivity contribution in [2.75, 3.05) is 0 Å². The maximum Gasteiger partial charge on any atom is 0.257 e. The molecule has 1 aliphatic rings. The molecule has 110 valence electrons. The molecule has 21 heavy (non-hydrogen) atoms. The van der Waals surface area contributed by atoms with E-state index in [2.05, 4.69) is 21.5 Å². The summed E-state index contributed by atoms with van der Waals surface area (Å²) in [6.45, 7) is 3.99. The summed E-state index contributed by atoms with van der Waals surface area (Å²) < 4.78 is 1.65. The summed E-state index contributed by atoms with van der Waals surface area (Å²) in [5.74, 6) is -0.111. The predicted octanol–water partition coefficient (Wildman–Crippen LogP) is 2.66. The molecule has 0 fully saturated rings. The van der Waals surface area contributed by atoms with Crippen LogP contribution in [0.25, 0.3) is 5.65 Å². The highest BCUT2D eigenvalue weighted by Gasteiger charge is 2.18. The fraction of sp³-hybridized carbons (Fsp3) is 0.438. The highest BCUT2D eigenvalue weighted by Crippen LogP contribution is 2.20. The zero-order valence-corrected chi connectivity index (χ0v) is 12.5. The van der Waals surface area contributed by atoms with Crippen LogP contribution in [-0.2, 0) is 0 Å². The summed E-state index contributed by atoms with van der Waals surface area (Å²) in [4.78, 5) is 16.7. The average Bonchev–Trinajstić information content (AvgIpc) is 2.91. The summed E-state index contributed by atoms with van der Waals surface area (Å²) in [5, 5.41) is 7.26. The van der Waals surface area contributed by atoms with E-state index in [0.717, 1.165) is 18.4 Å². The zero-order chi connectivity index (χ0) is 14.8. The molecule has 1 aliphatic carbocycles. The first-order valence-corrected chi connectivity index (χ1v) is 7.45. The fourth-order valence-corrected chi connectivity index (χ4v) is 2.75. The Kier molecular flexibility index (Phi) is 3.73. The van der Waals surface area contributed by atoms with Crippen molar-refractivity contribution >= 4 is 11.6 Å². The van der Waals surface area contributed by atoms with E-state index in [0.29, 0.717) is 11.2 Å². The van der Waals surface area contributed by atoms with E-state index in [1.54, 1.807) is 16.9 Å². The van der Waals surface area contributed by atoms with Crippen LogP contribution >= 0.6 is 0 Å². The maximum atomic E-state index is 12.4. The number of aryl methyl sites for hydroxylation is 1. The van der Waals surface area contributed by atoms with Crippen molar-refractivity contribution in [3.63, 3.8) is 0 Å². The second-order valence-electron chi connectivity index (χ2n) is 5.68. The van der Waals surface area contributed by atoms with Crippen LogP contribution in [0.3, 0.4) is 0 Å². The molecule has 0 aliphatic heterocycles.